The van der Waals surface area contributed by atoms with Crippen LogP contribution >= 0.6 is 11.8 Å². The molecule has 1 N–H and O–H groups in total. The van der Waals surface area contributed by atoms with Crippen molar-refractivity contribution in [1.82, 2.24) is 19.3 Å². The quantitative estimate of drug-likeness (QED) is 0.461. The summed E-state index contributed by atoms with van der Waals surface area (Å²) in [5.74, 6) is 0.849. The zero-order chi connectivity index (χ0) is 21.9. The summed E-state index contributed by atoms with van der Waals surface area (Å²) in [5.41, 5.74) is 4.06. The molecule has 3 heterocycles. The highest BCUT2D eigenvalue weighted by atomic mass is 32.2. The van der Waals surface area contributed by atoms with E-state index in [1.807, 2.05) is 39.8 Å². The van der Waals surface area contributed by atoms with E-state index in [1.165, 1.54) is 4.90 Å². The van der Waals surface area contributed by atoms with Gasteiger partial charge in [-0.3, -0.25) is 14.2 Å². The summed E-state index contributed by atoms with van der Waals surface area (Å²) >= 11 is 1.71. The van der Waals surface area contributed by atoms with Gasteiger partial charge >= 0.3 is 0 Å². The first-order chi connectivity index (χ1) is 15.7. The van der Waals surface area contributed by atoms with Crippen molar-refractivity contribution in [3.05, 3.63) is 72.7 Å². The predicted molar refractivity (Wildman–Crippen MR) is 127 cm³/mol. The molecule has 7 nitrogen and oxygen atoms in total. The fourth-order valence-electron chi connectivity index (χ4n) is 3.79. The molecule has 0 radical (unpaired) electrons. The molecular formula is C24H23N5O2S. The Labute approximate surface area is 190 Å². The van der Waals surface area contributed by atoms with Crippen molar-refractivity contribution in [2.24, 2.45) is 0 Å². The monoisotopic (exact) mass is 445 g/mol. The Morgan fingerprint density at radius 3 is 2.72 bits per heavy atom. The second kappa shape index (κ2) is 9.02. The smallest absolute Gasteiger partial charge is 0.254 e. The highest BCUT2D eigenvalue weighted by Crippen LogP contribution is 2.32. The Kier molecular flexibility index (Phi) is 5.79. The lowest BCUT2D eigenvalue weighted by molar-refractivity contribution is 0.0303. The summed E-state index contributed by atoms with van der Waals surface area (Å²) in [7, 11) is 0. The highest BCUT2D eigenvalue weighted by molar-refractivity contribution is 7.98. The second-order valence-electron chi connectivity index (χ2n) is 7.45. The number of hydrogen-bond donors (Lipinski definition) is 1. The summed E-state index contributed by atoms with van der Waals surface area (Å²) in [6.45, 7) is 2.40. The zero-order valence-corrected chi connectivity index (χ0v) is 18.5. The Morgan fingerprint density at radius 2 is 1.94 bits per heavy atom. The van der Waals surface area contributed by atoms with Crippen molar-refractivity contribution in [2.75, 3.05) is 37.9 Å². The van der Waals surface area contributed by atoms with Crippen molar-refractivity contribution < 1.29 is 9.53 Å². The van der Waals surface area contributed by atoms with E-state index in [-0.39, 0.29) is 5.91 Å². The number of amides is 1. The van der Waals surface area contributed by atoms with Crippen molar-refractivity contribution >= 4 is 34.8 Å². The number of anilines is 2. The molecule has 1 amide bonds. The van der Waals surface area contributed by atoms with Gasteiger partial charge in [0.1, 0.15) is 11.5 Å². The van der Waals surface area contributed by atoms with E-state index in [4.69, 9.17) is 9.72 Å². The number of carbonyl (C=O) groups is 1. The standard InChI is InChI=1S/C24H23N5O2S/c1-32-20-7-5-17(6-8-20)22-23(29-10-9-25-16-21(29)27-22)26-19-4-2-3-18(15-19)24(30)28-11-13-31-14-12-28/h2-10,15-16,26H,11-14H2,1H3. The third-order valence-electron chi connectivity index (χ3n) is 5.46. The fourth-order valence-corrected chi connectivity index (χ4v) is 4.20. The summed E-state index contributed by atoms with van der Waals surface area (Å²) in [6.07, 6.45) is 7.42. The van der Waals surface area contributed by atoms with Crippen LogP contribution in [0.25, 0.3) is 16.9 Å². The molecule has 0 unspecified atom stereocenters. The van der Waals surface area contributed by atoms with E-state index in [9.17, 15) is 4.79 Å². The van der Waals surface area contributed by atoms with Crippen LogP contribution in [0.4, 0.5) is 11.5 Å². The number of thioether (sulfide) groups is 1. The van der Waals surface area contributed by atoms with Crippen LogP contribution in [0.1, 0.15) is 10.4 Å². The molecule has 0 saturated carbocycles. The maximum absolute atomic E-state index is 12.9. The molecule has 4 aromatic rings. The Hall–Kier alpha value is -3.36. The van der Waals surface area contributed by atoms with Crippen LogP contribution in [0.2, 0.25) is 0 Å². The number of ether oxygens (including phenoxy) is 1. The topological polar surface area (TPSA) is 71.8 Å². The van der Waals surface area contributed by atoms with Crippen LogP contribution in [0.15, 0.2) is 72.0 Å². The van der Waals surface area contributed by atoms with Crippen molar-refractivity contribution in [2.45, 2.75) is 4.90 Å². The molecule has 2 aromatic heterocycles. The number of nitrogens with one attached hydrogen (secondary N) is 1. The molecule has 5 rings (SSSR count). The number of morpholine rings is 1. The molecule has 0 aliphatic carbocycles. The largest absolute Gasteiger partial charge is 0.378 e. The Bertz CT molecular complexity index is 1250. The van der Waals surface area contributed by atoms with E-state index < -0.39 is 0 Å². The lowest BCUT2D eigenvalue weighted by Gasteiger charge is -2.27. The van der Waals surface area contributed by atoms with E-state index in [0.29, 0.717) is 31.9 Å². The van der Waals surface area contributed by atoms with Gasteiger partial charge in [-0.25, -0.2) is 4.98 Å². The van der Waals surface area contributed by atoms with E-state index in [2.05, 4.69) is 40.8 Å². The van der Waals surface area contributed by atoms with Gasteiger partial charge < -0.3 is 15.0 Å². The molecule has 1 saturated heterocycles. The zero-order valence-electron chi connectivity index (χ0n) is 17.7. The molecule has 8 heteroatoms. The normalized spacial score (nSPS) is 14.0. The molecule has 2 aromatic carbocycles. The third-order valence-corrected chi connectivity index (χ3v) is 6.21. The maximum Gasteiger partial charge on any atom is 0.254 e. The van der Waals surface area contributed by atoms with Crippen LogP contribution in [0, 0.1) is 0 Å². The average Bonchev–Trinajstić information content (AvgIpc) is 3.22. The minimum absolute atomic E-state index is 0.0205. The van der Waals surface area contributed by atoms with Crippen LogP contribution < -0.4 is 5.32 Å². The fraction of sp³-hybridized carbons (Fsp3) is 0.208. The highest BCUT2D eigenvalue weighted by Gasteiger charge is 2.19. The van der Waals surface area contributed by atoms with Crippen molar-refractivity contribution in [3.63, 3.8) is 0 Å². The average molecular weight is 446 g/mol. The number of carbonyl (C=O) groups excluding carboxylic acids is 1. The van der Waals surface area contributed by atoms with Gasteiger partial charge in [-0.1, -0.05) is 18.2 Å². The molecule has 162 valence electrons. The van der Waals surface area contributed by atoms with Crippen LogP contribution in [-0.4, -0.2) is 57.7 Å². The lowest BCUT2D eigenvalue weighted by Crippen LogP contribution is -2.40. The number of hydrogen-bond acceptors (Lipinski definition) is 6. The SMILES string of the molecule is CSc1ccc(-c2nc3cnccn3c2Nc2cccc(C(=O)N3CCOCC3)c2)cc1. The minimum Gasteiger partial charge on any atom is -0.378 e. The molecule has 0 bridgehead atoms. The van der Waals surface area contributed by atoms with E-state index in [1.54, 1.807) is 24.2 Å². The van der Waals surface area contributed by atoms with Crippen molar-refractivity contribution in [3.8, 4) is 11.3 Å². The number of fused-ring (bicyclic) bond motifs is 1. The van der Waals surface area contributed by atoms with Crippen LogP contribution in [0.3, 0.4) is 0 Å². The molecule has 32 heavy (non-hydrogen) atoms. The van der Waals surface area contributed by atoms with Gasteiger partial charge in [0.15, 0.2) is 5.65 Å². The summed E-state index contributed by atoms with van der Waals surface area (Å²) in [4.78, 5) is 25.0. The first-order valence-electron chi connectivity index (χ1n) is 10.4. The molecule has 1 aliphatic heterocycles. The van der Waals surface area contributed by atoms with E-state index >= 15 is 0 Å². The molecule has 0 atom stereocenters. The van der Waals surface area contributed by atoms with Gasteiger partial charge in [-0.2, -0.15) is 0 Å². The summed E-state index contributed by atoms with van der Waals surface area (Å²) in [5, 5.41) is 3.49. The second-order valence-corrected chi connectivity index (χ2v) is 8.33. The molecule has 1 aliphatic rings. The summed E-state index contributed by atoms with van der Waals surface area (Å²) in [6, 6.07) is 15.9. The van der Waals surface area contributed by atoms with Crippen molar-refractivity contribution in [1.29, 1.82) is 0 Å². The van der Waals surface area contributed by atoms with Gasteiger partial charge in [-0.05, 0) is 36.6 Å². The predicted octanol–water partition coefficient (Wildman–Crippen LogP) is 4.33. The molecular weight excluding hydrogens is 422 g/mol. The van der Waals surface area contributed by atoms with Crippen LogP contribution in [0.5, 0.6) is 0 Å². The van der Waals surface area contributed by atoms with E-state index in [0.717, 1.165) is 28.4 Å². The first-order valence-corrected chi connectivity index (χ1v) is 11.7. The van der Waals surface area contributed by atoms with Gasteiger partial charge in [0.05, 0.1) is 19.4 Å². The van der Waals surface area contributed by atoms with Gasteiger partial charge in [0.25, 0.3) is 5.91 Å². The number of benzene rings is 2. The van der Waals surface area contributed by atoms with Crippen LogP contribution in [-0.2, 0) is 4.74 Å². The first kappa shape index (κ1) is 20.5. The molecule has 1 fully saturated rings. The number of imidazole rings is 1. The third kappa shape index (κ3) is 4.06. The number of nitrogens with zero attached hydrogens (tertiary/aromatic N) is 4. The van der Waals surface area contributed by atoms with Gasteiger partial charge in [0.2, 0.25) is 0 Å². The minimum atomic E-state index is 0.0205. The number of rotatable bonds is 5. The van der Waals surface area contributed by atoms with Gasteiger partial charge in [0, 0.05) is 47.2 Å². The lowest BCUT2D eigenvalue weighted by atomic mass is 10.1. The number of aromatic nitrogens is 3. The molecule has 0 spiro atoms. The maximum atomic E-state index is 12.9. The summed E-state index contributed by atoms with van der Waals surface area (Å²) < 4.78 is 7.34. The Morgan fingerprint density at radius 1 is 1.12 bits per heavy atom. The van der Waals surface area contributed by atoms with Gasteiger partial charge in [-0.15, -0.1) is 11.8 Å². The Balaban J connectivity index is 1.50.